The summed E-state index contributed by atoms with van der Waals surface area (Å²) in [5.41, 5.74) is 24.8. The standard InChI is InChI=1S/C106H173F3N2O17P2/c1-76(2)38-21-39-77(3)40-22-41-78(4)42-23-43-79(5)44-24-45-80(6)46-25-47-81(7)48-26-49-82(8)50-27-51-83(9)52-28-53-84(10)54-29-55-85(11)56-30-57-86(12)58-31-59-87(13)60-32-61-88(14)62-33-63-89(15)64-34-65-90(16)66-35-67-91(17)68-36-69-92(18)70-37-71-93(19)72-73-123-129(119,120)128-130(121,122)127-104-98(111-105(118)106(107,108)109)101(117)102(96(75-113)125-104)126-103-97(110-94(20)114)100(116)99(115)95(74-112)124-103/h38,40,42,44,46,48,50,52,54,56,58,60,62,64,66,68,70,93,95-104,112-113,115-117H,21-37,39,41,43,45,47,49,51,53,55,57,59,61,63,65,67,69,71-75H2,1-20H3,(H,110,114)(H,111,118)(H,119,120)(H,121,122)/b77-40+,78-42+,79-44+,80-46+,81-48+,82-50+,83-52+,84-54+,85-56+,86-58+,87-60+,88-62+,89-64+,90-66+,91-68+,92-70+/t93?,95-,96-,97-,98-,99-,100-,101-,102-,103+,104-/m1/s1. The van der Waals surface area contributed by atoms with Crippen molar-refractivity contribution in [3.8, 4) is 0 Å². The number of amides is 2. The summed E-state index contributed by atoms with van der Waals surface area (Å²) < 4.78 is 97.3. The van der Waals surface area contributed by atoms with E-state index in [4.69, 9.17) is 23.3 Å². The van der Waals surface area contributed by atoms with Crippen LogP contribution in [0.3, 0.4) is 0 Å². The van der Waals surface area contributed by atoms with E-state index in [2.05, 4.69) is 238 Å². The average molecular weight is 1870 g/mol. The highest BCUT2D eigenvalue weighted by atomic mass is 31.3. The normalized spacial score (nSPS) is 22.6. The first-order chi connectivity index (χ1) is 61.3. The Morgan fingerprint density at radius 2 is 0.608 bits per heavy atom. The van der Waals surface area contributed by atoms with Gasteiger partial charge in [-0.05, 0) is 355 Å². The molecule has 2 aliphatic rings. The van der Waals surface area contributed by atoms with Crippen LogP contribution >= 0.6 is 15.6 Å². The van der Waals surface area contributed by atoms with Crippen molar-refractivity contribution in [3.63, 3.8) is 0 Å². The molecule has 130 heavy (non-hydrogen) atoms. The van der Waals surface area contributed by atoms with Crippen LogP contribution in [0.4, 0.5) is 13.2 Å². The van der Waals surface area contributed by atoms with Crippen molar-refractivity contribution in [1.82, 2.24) is 10.6 Å². The maximum absolute atomic E-state index is 13.5. The minimum Gasteiger partial charge on any atom is -0.394 e. The van der Waals surface area contributed by atoms with Gasteiger partial charge in [0.2, 0.25) is 5.91 Å². The molecule has 2 amide bonds. The highest BCUT2D eigenvalue weighted by molar-refractivity contribution is 7.61. The summed E-state index contributed by atoms with van der Waals surface area (Å²) in [6.07, 6.45) is 55.5. The van der Waals surface area contributed by atoms with Crippen LogP contribution in [0.2, 0.25) is 0 Å². The minimum atomic E-state index is -5.94. The molecule has 0 aliphatic carbocycles. The number of alkyl halides is 3. The molecule has 0 radical (unpaired) electrons. The van der Waals surface area contributed by atoms with Crippen molar-refractivity contribution in [2.45, 2.75) is 431 Å². The van der Waals surface area contributed by atoms with Crippen molar-refractivity contribution < 1.29 is 94.8 Å². The monoisotopic (exact) mass is 1870 g/mol. The summed E-state index contributed by atoms with van der Waals surface area (Å²) in [5, 5.41) is 55.9. The van der Waals surface area contributed by atoms with Crippen LogP contribution < -0.4 is 10.6 Å². The van der Waals surface area contributed by atoms with E-state index in [-0.39, 0.29) is 12.3 Å². The maximum atomic E-state index is 13.5. The van der Waals surface area contributed by atoms with Gasteiger partial charge < -0.3 is 60.2 Å². The van der Waals surface area contributed by atoms with Gasteiger partial charge in [-0.1, -0.05) is 205 Å². The molecular formula is C106H173F3N2O17P2. The Balaban J connectivity index is 1.62. The maximum Gasteiger partial charge on any atom is 0.483 e. The number of phosphoric acid groups is 2. The van der Waals surface area contributed by atoms with Gasteiger partial charge in [-0.2, -0.15) is 17.5 Å². The number of nitrogens with one attached hydrogen (secondary N) is 2. The van der Waals surface area contributed by atoms with E-state index < -0.39 is 115 Å². The molecule has 0 bridgehead atoms. The molecule has 2 fully saturated rings. The molecule has 0 aromatic rings. The predicted molar refractivity (Wildman–Crippen MR) is 528 cm³/mol. The highest BCUT2D eigenvalue weighted by Gasteiger charge is 2.55. The summed E-state index contributed by atoms with van der Waals surface area (Å²) in [6.45, 7) is 40.8. The fourth-order valence-corrected chi connectivity index (χ4v) is 17.5. The van der Waals surface area contributed by atoms with Gasteiger partial charge in [-0.15, -0.1) is 0 Å². The summed E-state index contributed by atoms with van der Waals surface area (Å²) in [5.74, 6) is -3.60. The van der Waals surface area contributed by atoms with Crippen LogP contribution in [0.25, 0.3) is 0 Å². The number of carbonyl (C=O) groups excluding carboxylic acids is 2. The molecule has 0 aromatic heterocycles. The molecule has 0 aromatic carbocycles. The topological polar surface area (TPSA) is 289 Å². The zero-order valence-corrected chi connectivity index (χ0v) is 85.1. The van der Waals surface area contributed by atoms with Crippen molar-refractivity contribution in [3.05, 3.63) is 198 Å². The molecule has 2 aliphatic heterocycles. The third kappa shape index (κ3) is 57.9. The second kappa shape index (κ2) is 67.5. The van der Waals surface area contributed by atoms with Gasteiger partial charge in [0, 0.05) is 6.92 Å². The molecule has 0 spiro atoms. The lowest BCUT2D eigenvalue weighted by Crippen LogP contribution is -2.69. The number of halogens is 3. The minimum absolute atomic E-state index is 0.0661. The zero-order valence-electron chi connectivity index (χ0n) is 83.3. The smallest absolute Gasteiger partial charge is 0.394 e. The van der Waals surface area contributed by atoms with Crippen LogP contribution in [0.5, 0.6) is 0 Å². The molecule has 0 saturated carbocycles. The molecular weight excluding hydrogens is 1690 g/mol. The molecule has 2 heterocycles. The number of phosphoric ester groups is 2. The van der Waals surface area contributed by atoms with Gasteiger partial charge in [0.25, 0.3) is 0 Å². The Morgan fingerprint density at radius 1 is 0.354 bits per heavy atom. The second-order valence-electron chi connectivity index (χ2n) is 37.4. The second-order valence-corrected chi connectivity index (χ2v) is 40.4. The number of carbonyl (C=O) groups is 2. The fraction of sp³-hybridized carbons (Fsp3) is 0.660. The van der Waals surface area contributed by atoms with Crippen LogP contribution in [-0.2, 0) is 46.3 Å². The summed E-state index contributed by atoms with van der Waals surface area (Å²) >= 11 is 0. The number of allylic oxidation sites excluding steroid dienone is 34. The molecule has 3 unspecified atom stereocenters. The first-order valence-electron chi connectivity index (χ1n) is 48.0. The quantitative estimate of drug-likeness (QED) is 0.0202. The van der Waals surface area contributed by atoms with Gasteiger partial charge in [0.15, 0.2) is 12.6 Å². The number of aliphatic hydroxyl groups excluding tert-OH is 5. The van der Waals surface area contributed by atoms with Crippen molar-refractivity contribution in [2.24, 2.45) is 5.92 Å². The number of hydrogen-bond acceptors (Lipinski definition) is 15. The van der Waals surface area contributed by atoms with E-state index in [1.54, 1.807) is 0 Å². The third-order valence-corrected chi connectivity index (χ3v) is 26.6. The highest BCUT2D eigenvalue weighted by Crippen LogP contribution is 2.61. The van der Waals surface area contributed by atoms with Gasteiger partial charge >= 0.3 is 27.7 Å². The Morgan fingerprint density at radius 3 is 0.862 bits per heavy atom. The van der Waals surface area contributed by atoms with Crippen LogP contribution in [0, 0.1) is 5.92 Å². The lowest BCUT2D eigenvalue weighted by molar-refractivity contribution is -0.326. The van der Waals surface area contributed by atoms with E-state index in [9.17, 15) is 67.2 Å². The number of rotatable bonds is 65. The largest absolute Gasteiger partial charge is 0.483 e. The van der Waals surface area contributed by atoms with E-state index in [0.717, 1.165) is 200 Å². The van der Waals surface area contributed by atoms with Crippen molar-refractivity contribution in [1.29, 1.82) is 0 Å². The first kappa shape index (κ1) is 120. The number of aliphatic hydroxyl groups is 5. The molecule has 13 atom stereocenters. The van der Waals surface area contributed by atoms with Gasteiger partial charge in [0.1, 0.15) is 48.7 Å². The summed E-state index contributed by atoms with van der Waals surface area (Å²) in [4.78, 5) is 45.1. The number of ether oxygens (including phenoxy) is 3. The lowest BCUT2D eigenvalue weighted by atomic mass is 9.94. The van der Waals surface area contributed by atoms with Crippen LogP contribution in [-0.4, -0.2) is 134 Å². The Labute approximate surface area is 783 Å². The fourth-order valence-electron chi connectivity index (χ4n) is 15.3. The van der Waals surface area contributed by atoms with Crippen LogP contribution in [0.15, 0.2) is 198 Å². The molecule has 24 heteroatoms. The Hall–Kier alpha value is -5.75. The summed E-state index contributed by atoms with van der Waals surface area (Å²) in [6, 6.07) is -4.20. The van der Waals surface area contributed by atoms with E-state index in [1.807, 2.05) is 6.92 Å². The first-order valence-corrected chi connectivity index (χ1v) is 51.0. The van der Waals surface area contributed by atoms with E-state index in [0.29, 0.717) is 12.8 Å². The van der Waals surface area contributed by atoms with Crippen LogP contribution in [0.1, 0.15) is 363 Å². The van der Waals surface area contributed by atoms with Gasteiger partial charge in [-0.25, -0.2) is 9.13 Å². The van der Waals surface area contributed by atoms with Crippen molar-refractivity contribution in [2.75, 3.05) is 19.8 Å². The Kier molecular flexibility index (Phi) is 62.4. The average Bonchev–Trinajstić information content (AvgIpc) is 0.771. The molecule has 9 N–H and O–H groups in total. The molecule has 19 nitrogen and oxygen atoms in total. The molecule has 2 saturated heterocycles. The van der Waals surface area contributed by atoms with E-state index >= 15 is 0 Å². The third-order valence-electron chi connectivity index (χ3n) is 24.0. The van der Waals surface area contributed by atoms with Gasteiger partial charge in [0.05, 0.1) is 19.8 Å². The zero-order chi connectivity index (χ0) is 97.4. The molecule has 740 valence electrons. The predicted octanol–water partition coefficient (Wildman–Crippen LogP) is 27.1. The van der Waals surface area contributed by atoms with Crippen molar-refractivity contribution >= 4 is 27.5 Å². The lowest BCUT2D eigenvalue weighted by Gasteiger charge is -2.48. The van der Waals surface area contributed by atoms with Gasteiger partial charge in [-0.3, -0.25) is 18.6 Å². The SMILES string of the molecule is CC(=O)N[C@H]1[C@H](O[C@H]2[C@H](O)[C@@H](NC(=O)C(F)(F)F)[C@@H](OP(=O)(O)OP(=O)(O)OCCC(C)CC/C=C(\C)CC/C=C(\C)CC/C=C(\C)CC/C=C(\C)CC/C=C(\C)CC/C=C(\C)CC/C=C(\C)CC/C=C(\C)CC/C=C(\C)CC/C=C(\C)CC/C=C(\C)CC/C=C(\C)CC/C=C(\C)CC/C=C(\C)CC/C=C(\C)CC/C=C(\C)CCC=C(C)C)O[C@@H]2CO)O[C@H](CO)[C@@H](O)[C@@H]1O. The summed E-state index contributed by atoms with van der Waals surface area (Å²) in [7, 11) is -11.4. The molecule has 2 rings (SSSR count). The van der Waals surface area contributed by atoms with E-state index in [1.165, 1.54) is 113 Å². The number of hydrogen-bond donors (Lipinski definition) is 9. The Bertz CT molecular complexity index is 4030.